The van der Waals surface area contributed by atoms with E-state index in [1.165, 1.54) is 0 Å². The van der Waals surface area contributed by atoms with Crippen molar-refractivity contribution in [3.63, 3.8) is 0 Å². The predicted molar refractivity (Wildman–Crippen MR) is 79.3 cm³/mol. The highest BCUT2D eigenvalue weighted by Crippen LogP contribution is 2.25. The summed E-state index contributed by atoms with van der Waals surface area (Å²) in [4.78, 5) is 7.71. The highest BCUT2D eigenvalue weighted by Gasteiger charge is 2.10. The third kappa shape index (κ3) is 3.28. The Morgan fingerprint density at radius 2 is 2.11 bits per heavy atom. The topological polar surface area (TPSA) is 47.1 Å². The van der Waals surface area contributed by atoms with Crippen LogP contribution in [0.2, 0.25) is 0 Å². The van der Waals surface area contributed by atoms with Crippen molar-refractivity contribution in [2.75, 3.05) is 13.7 Å². The second-order valence-electron chi connectivity index (χ2n) is 3.53. The molecule has 1 aromatic carbocycles. The quantitative estimate of drug-likeness (QED) is 0.847. The van der Waals surface area contributed by atoms with Crippen molar-refractivity contribution in [1.29, 1.82) is 0 Å². The number of aromatic nitrogens is 2. The van der Waals surface area contributed by atoms with Crippen molar-refractivity contribution >= 4 is 16.8 Å². The molecule has 0 aliphatic heterocycles. The fraction of sp³-hybridized carbons (Fsp3) is 0.400. The van der Waals surface area contributed by atoms with E-state index in [1.54, 1.807) is 7.11 Å². The second kappa shape index (κ2) is 7.46. The van der Waals surface area contributed by atoms with Crippen molar-refractivity contribution in [3.8, 4) is 5.75 Å². The number of rotatable bonds is 4. The average Bonchev–Trinajstić information content (AvgIpc) is 2.88. The molecular weight excluding hydrogens is 240 g/mol. The van der Waals surface area contributed by atoms with E-state index in [0.29, 0.717) is 6.61 Å². The predicted octanol–water partition coefficient (Wildman–Crippen LogP) is 4.00. The summed E-state index contributed by atoms with van der Waals surface area (Å²) in [5, 5.41) is 0. The van der Waals surface area contributed by atoms with Crippen molar-refractivity contribution in [2.24, 2.45) is 0 Å². The van der Waals surface area contributed by atoms with E-state index < -0.39 is 0 Å². The highest BCUT2D eigenvalue weighted by molar-refractivity contribution is 5.83. The highest BCUT2D eigenvalue weighted by atomic mass is 16.5. The third-order valence-corrected chi connectivity index (χ3v) is 2.49. The molecule has 4 nitrogen and oxygen atoms in total. The number of ether oxygens (including phenoxy) is 2. The number of hydrogen-bond acceptors (Lipinski definition) is 3. The van der Waals surface area contributed by atoms with Gasteiger partial charge in [0.2, 0.25) is 0 Å². The van der Waals surface area contributed by atoms with Crippen LogP contribution in [0.5, 0.6) is 5.75 Å². The van der Waals surface area contributed by atoms with E-state index in [1.807, 2.05) is 52.0 Å². The Morgan fingerprint density at radius 3 is 2.68 bits per heavy atom. The molecule has 1 heterocycles. The molecule has 0 bridgehead atoms. The lowest BCUT2D eigenvalue weighted by Gasteiger charge is -2.02. The van der Waals surface area contributed by atoms with Gasteiger partial charge in [-0.3, -0.25) is 0 Å². The van der Waals surface area contributed by atoms with Crippen LogP contribution in [0.1, 0.15) is 33.5 Å². The maximum absolute atomic E-state index is 5.54. The number of benzene rings is 1. The van der Waals surface area contributed by atoms with Crippen molar-refractivity contribution in [2.45, 2.75) is 27.7 Å². The van der Waals surface area contributed by atoms with Crippen molar-refractivity contribution in [3.05, 3.63) is 30.1 Å². The first kappa shape index (κ1) is 15.1. The summed E-state index contributed by atoms with van der Waals surface area (Å²) < 4.78 is 10.8. The number of allylic oxidation sites excluding steroid dienone is 1. The van der Waals surface area contributed by atoms with Crippen LogP contribution in [-0.4, -0.2) is 23.7 Å². The normalized spacial score (nSPS) is 10.9. The van der Waals surface area contributed by atoms with Crippen LogP contribution in [-0.2, 0) is 4.74 Å². The first-order valence-corrected chi connectivity index (χ1v) is 6.62. The number of methoxy groups -OCH3 is 1. The van der Waals surface area contributed by atoms with Crippen LogP contribution in [0.25, 0.3) is 16.8 Å². The Morgan fingerprint density at radius 1 is 1.37 bits per heavy atom. The molecule has 19 heavy (non-hydrogen) atoms. The Labute approximate surface area is 114 Å². The maximum Gasteiger partial charge on any atom is 0.173 e. The van der Waals surface area contributed by atoms with Gasteiger partial charge in [0.15, 0.2) is 11.6 Å². The number of nitrogens with one attached hydrogen (secondary N) is 1. The Hall–Kier alpha value is -1.97. The molecule has 0 saturated heterocycles. The minimum Gasteiger partial charge on any atom is -0.493 e. The summed E-state index contributed by atoms with van der Waals surface area (Å²) in [5.41, 5.74) is 1.78. The Balaban J connectivity index is 0.000000861. The molecule has 4 heteroatoms. The monoisotopic (exact) mass is 262 g/mol. The summed E-state index contributed by atoms with van der Waals surface area (Å²) in [5.74, 6) is 2.24. The maximum atomic E-state index is 5.54. The van der Waals surface area contributed by atoms with Gasteiger partial charge < -0.3 is 14.5 Å². The van der Waals surface area contributed by atoms with Gasteiger partial charge in [-0.15, -0.1) is 0 Å². The smallest absolute Gasteiger partial charge is 0.173 e. The summed E-state index contributed by atoms with van der Waals surface area (Å²) in [6.45, 7) is 8.50. The zero-order valence-electron chi connectivity index (χ0n) is 12.3. The second-order valence-corrected chi connectivity index (χ2v) is 3.53. The molecule has 0 spiro atoms. The summed E-state index contributed by atoms with van der Waals surface area (Å²) in [6.07, 6.45) is 1.87. The van der Waals surface area contributed by atoms with Gasteiger partial charge in [-0.1, -0.05) is 19.9 Å². The van der Waals surface area contributed by atoms with E-state index >= 15 is 0 Å². The Kier molecular flexibility index (Phi) is 5.93. The van der Waals surface area contributed by atoms with E-state index in [2.05, 4.69) is 9.97 Å². The lowest BCUT2D eigenvalue weighted by molar-refractivity contribution is 0.343. The van der Waals surface area contributed by atoms with E-state index in [4.69, 9.17) is 9.47 Å². The number of nitrogens with zero attached hydrogens (tertiary/aromatic N) is 1. The van der Waals surface area contributed by atoms with Gasteiger partial charge in [-0.05, 0) is 32.1 Å². The van der Waals surface area contributed by atoms with Crippen LogP contribution in [0, 0.1) is 0 Å². The third-order valence-electron chi connectivity index (χ3n) is 2.49. The van der Waals surface area contributed by atoms with Crippen LogP contribution in [0.3, 0.4) is 0 Å². The van der Waals surface area contributed by atoms with E-state index in [-0.39, 0.29) is 0 Å². The van der Waals surface area contributed by atoms with Crippen LogP contribution >= 0.6 is 0 Å². The van der Waals surface area contributed by atoms with Crippen LogP contribution in [0.4, 0.5) is 0 Å². The number of aromatic amines is 1. The standard InChI is InChI=1S/C13H16N2O2.C2H6/c1-4-10(16-3)13-14-9-7-6-8-11(17-5-2)12(9)15-13;1-2/h4,6-8H,5H2,1-3H3,(H,14,15);1-2H3/b10-4-;. The van der Waals surface area contributed by atoms with Crippen LogP contribution < -0.4 is 4.74 Å². The molecule has 0 saturated carbocycles. The zero-order valence-corrected chi connectivity index (χ0v) is 12.3. The summed E-state index contributed by atoms with van der Waals surface area (Å²) >= 11 is 0. The molecule has 0 unspecified atom stereocenters. The first-order valence-electron chi connectivity index (χ1n) is 6.62. The van der Waals surface area contributed by atoms with E-state index in [0.717, 1.165) is 28.4 Å². The molecule has 0 atom stereocenters. The largest absolute Gasteiger partial charge is 0.493 e. The molecule has 2 aromatic rings. The first-order chi connectivity index (χ1) is 9.30. The summed E-state index contributed by atoms with van der Waals surface area (Å²) in [6, 6.07) is 5.83. The van der Waals surface area contributed by atoms with Gasteiger partial charge in [0, 0.05) is 0 Å². The molecule has 2 rings (SSSR count). The number of H-pyrrole nitrogens is 1. The van der Waals surface area contributed by atoms with Gasteiger partial charge in [0.25, 0.3) is 0 Å². The van der Waals surface area contributed by atoms with Gasteiger partial charge in [-0.2, -0.15) is 0 Å². The van der Waals surface area contributed by atoms with Crippen LogP contribution in [0.15, 0.2) is 24.3 Å². The van der Waals surface area contributed by atoms with Crippen molar-refractivity contribution in [1.82, 2.24) is 9.97 Å². The number of hydrogen-bond donors (Lipinski definition) is 1. The molecule has 1 N–H and O–H groups in total. The minimum absolute atomic E-state index is 0.627. The lowest BCUT2D eigenvalue weighted by Crippen LogP contribution is -1.92. The molecule has 0 radical (unpaired) electrons. The molecule has 0 aliphatic rings. The number of imidazole rings is 1. The SMILES string of the molecule is C/C=C(\OC)c1nc2c(OCC)cccc2[nH]1.CC. The number of fused-ring (bicyclic) bond motifs is 1. The van der Waals surface area contributed by atoms with Gasteiger partial charge in [0.1, 0.15) is 11.3 Å². The fourth-order valence-electron chi connectivity index (χ4n) is 1.75. The van der Waals surface area contributed by atoms with Gasteiger partial charge in [-0.25, -0.2) is 4.98 Å². The van der Waals surface area contributed by atoms with Gasteiger partial charge in [0.05, 0.1) is 19.2 Å². The lowest BCUT2D eigenvalue weighted by atomic mass is 10.3. The van der Waals surface area contributed by atoms with E-state index in [9.17, 15) is 0 Å². The molecule has 1 aromatic heterocycles. The van der Waals surface area contributed by atoms with Crippen molar-refractivity contribution < 1.29 is 9.47 Å². The number of para-hydroxylation sites is 1. The molecule has 0 aliphatic carbocycles. The molecule has 104 valence electrons. The Bertz CT molecular complexity index is 544. The minimum atomic E-state index is 0.627. The molecule has 0 fully saturated rings. The molecule has 0 amide bonds. The van der Waals surface area contributed by atoms with Gasteiger partial charge >= 0.3 is 0 Å². The molecular formula is C15H22N2O2. The zero-order chi connectivity index (χ0) is 14.3. The summed E-state index contributed by atoms with van der Waals surface area (Å²) in [7, 11) is 1.63. The fourth-order valence-corrected chi connectivity index (χ4v) is 1.75. The average molecular weight is 262 g/mol.